The average molecular weight is 382 g/mol. The van der Waals surface area contributed by atoms with E-state index in [4.69, 9.17) is 14.5 Å². The summed E-state index contributed by atoms with van der Waals surface area (Å²) in [7, 11) is 1.63. The molecule has 28 heavy (non-hydrogen) atoms. The van der Waals surface area contributed by atoms with E-state index in [-0.39, 0.29) is 11.0 Å². The number of aromatic nitrogens is 3. The summed E-state index contributed by atoms with van der Waals surface area (Å²) in [5, 5.41) is 0. The topological polar surface area (TPSA) is 57.1 Å². The van der Waals surface area contributed by atoms with E-state index < -0.39 is 0 Å². The Hall–Kier alpha value is -2.01. The van der Waals surface area contributed by atoms with Gasteiger partial charge in [-0.3, -0.25) is 9.97 Å². The first-order valence-corrected chi connectivity index (χ1v) is 10.6. The first-order valence-electron chi connectivity index (χ1n) is 10.6. The van der Waals surface area contributed by atoms with Crippen molar-refractivity contribution in [1.82, 2.24) is 15.0 Å². The lowest BCUT2D eigenvalue weighted by molar-refractivity contribution is -0.104. The van der Waals surface area contributed by atoms with Crippen LogP contribution in [0.4, 0.5) is 0 Å². The minimum absolute atomic E-state index is 0.0913. The zero-order chi connectivity index (χ0) is 19.3. The summed E-state index contributed by atoms with van der Waals surface area (Å²) in [6, 6.07) is 6.37. The molecule has 5 heteroatoms. The standard InChI is InChI=1S/C23H31N3O2/c1-27-21-17-24-16-19(26-21)8-2-4-10-22(20-9-3-7-14-25-20)13-15-28-23(18-22)11-5-6-12-23/h3,7,9,14,16-17H,2,4-6,8,10-13,15,18H2,1H3. The van der Waals surface area contributed by atoms with Crippen molar-refractivity contribution in [1.29, 1.82) is 0 Å². The second-order valence-corrected chi connectivity index (χ2v) is 8.42. The minimum atomic E-state index is 0.0913. The van der Waals surface area contributed by atoms with Gasteiger partial charge in [0.05, 0.1) is 24.6 Å². The summed E-state index contributed by atoms with van der Waals surface area (Å²) in [4.78, 5) is 13.5. The van der Waals surface area contributed by atoms with Gasteiger partial charge in [-0.15, -0.1) is 0 Å². The quantitative estimate of drug-likeness (QED) is 0.653. The van der Waals surface area contributed by atoms with Gasteiger partial charge in [0.2, 0.25) is 5.88 Å². The van der Waals surface area contributed by atoms with Crippen molar-refractivity contribution in [2.24, 2.45) is 0 Å². The zero-order valence-electron chi connectivity index (χ0n) is 16.9. The molecule has 1 aliphatic carbocycles. The number of ether oxygens (including phenoxy) is 2. The van der Waals surface area contributed by atoms with Gasteiger partial charge in [0.25, 0.3) is 0 Å². The first kappa shape index (κ1) is 19.3. The van der Waals surface area contributed by atoms with E-state index in [0.29, 0.717) is 5.88 Å². The van der Waals surface area contributed by atoms with Crippen LogP contribution in [0.25, 0.3) is 0 Å². The Kier molecular flexibility index (Phi) is 5.90. The van der Waals surface area contributed by atoms with Crippen molar-refractivity contribution >= 4 is 0 Å². The number of rotatable bonds is 7. The van der Waals surface area contributed by atoms with Crippen LogP contribution in [0, 0.1) is 0 Å². The molecule has 0 amide bonds. The summed E-state index contributed by atoms with van der Waals surface area (Å²) in [6.45, 7) is 0.859. The van der Waals surface area contributed by atoms with Gasteiger partial charge in [0, 0.05) is 30.1 Å². The summed E-state index contributed by atoms with van der Waals surface area (Å²) >= 11 is 0. The molecule has 0 bridgehead atoms. The highest BCUT2D eigenvalue weighted by Crippen LogP contribution is 2.50. The van der Waals surface area contributed by atoms with Crippen molar-refractivity contribution < 1.29 is 9.47 Å². The van der Waals surface area contributed by atoms with Gasteiger partial charge in [0.1, 0.15) is 0 Å². The molecule has 1 spiro atoms. The fourth-order valence-electron chi connectivity index (χ4n) is 5.17. The lowest BCUT2D eigenvalue weighted by Crippen LogP contribution is -2.46. The van der Waals surface area contributed by atoms with E-state index in [2.05, 4.69) is 22.1 Å². The molecule has 150 valence electrons. The largest absolute Gasteiger partial charge is 0.480 e. The Morgan fingerprint density at radius 3 is 2.79 bits per heavy atom. The Morgan fingerprint density at radius 1 is 1.11 bits per heavy atom. The van der Waals surface area contributed by atoms with Crippen LogP contribution in [0.1, 0.15) is 69.2 Å². The predicted octanol–water partition coefficient (Wildman–Crippen LogP) is 4.65. The highest BCUT2D eigenvalue weighted by molar-refractivity contribution is 5.20. The molecule has 1 saturated heterocycles. The van der Waals surface area contributed by atoms with Gasteiger partial charge in [-0.1, -0.05) is 25.3 Å². The second kappa shape index (κ2) is 8.56. The molecule has 3 heterocycles. The molecular weight excluding hydrogens is 350 g/mol. The summed E-state index contributed by atoms with van der Waals surface area (Å²) in [5.74, 6) is 0.593. The number of aryl methyl sites for hydroxylation is 1. The molecule has 0 radical (unpaired) electrons. The van der Waals surface area contributed by atoms with Crippen LogP contribution in [0.15, 0.2) is 36.8 Å². The third-order valence-electron chi connectivity index (χ3n) is 6.58. The molecular formula is C23H31N3O2. The number of hydrogen-bond donors (Lipinski definition) is 0. The summed E-state index contributed by atoms with van der Waals surface area (Å²) in [5.41, 5.74) is 2.49. The highest BCUT2D eigenvalue weighted by atomic mass is 16.5. The van der Waals surface area contributed by atoms with Crippen molar-refractivity contribution in [2.75, 3.05) is 13.7 Å². The fraction of sp³-hybridized carbons (Fsp3) is 0.609. The van der Waals surface area contributed by atoms with E-state index >= 15 is 0 Å². The zero-order valence-corrected chi connectivity index (χ0v) is 16.9. The molecule has 1 atom stereocenters. The van der Waals surface area contributed by atoms with Crippen LogP contribution in [-0.2, 0) is 16.6 Å². The van der Waals surface area contributed by atoms with Crippen LogP contribution in [0.5, 0.6) is 5.88 Å². The molecule has 1 aliphatic heterocycles. The van der Waals surface area contributed by atoms with Crippen LogP contribution < -0.4 is 4.74 Å². The van der Waals surface area contributed by atoms with Gasteiger partial charge in [-0.05, 0) is 57.1 Å². The van der Waals surface area contributed by atoms with Crippen molar-refractivity contribution in [3.63, 3.8) is 0 Å². The molecule has 2 aromatic heterocycles. The number of nitrogens with zero attached hydrogens (tertiary/aromatic N) is 3. The average Bonchev–Trinajstić information content (AvgIpc) is 3.19. The maximum absolute atomic E-state index is 6.34. The highest BCUT2D eigenvalue weighted by Gasteiger charge is 2.48. The van der Waals surface area contributed by atoms with Crippen LogP contribution in [0.3, 0.4) is 0 Å². The third-order valence-corrected chi connectivity index (χ3v) is 6.58. The van der Waals surface area contributed by atoms with Gasteiger partial charge < -0.3 is 9.47 Å². The van der Waals surface area contributed by atoms with Gasteiger partial charge in [0.15, 0.2) is 0 Å². The van der Waals surface area contributed by atoms with Crippen LogP contribution in [0.2, 0.25) is 0 Å². The van der Waals surface area contributed by atoms with Gasteiger partial charge in [-0.25, -0.2) is 4.98 Å². The Bertz CT molecular complexity index is 761. The van der Waals surface area contributed by atoms with Crippen LogP contribution in [-0.4, -0.2) is 34.3 Å². The Balaban J connectivity index is 1.44. The van der Waals surface area contributed by atoms with Crippen LogP contribution >= 0.6 is 0 Å². The second-order valence-electron chi connectivity index (χ2n) is 8.42. The predicted molar refractivity (Wildman–Crippen MR) is 108 cm³/mol. The first-order chi connectivity index (χ1) is 13.7. The smallest absolute Gasteiger partial charge is 0.232 e. The molecule has 4 rings (SSSR count). The number of pyridine rings is 1. The van der Waals surface area contributed by atoms with E-state index in [9.17, 15) is 0 Å². The summed E-state index contributed by atoms with van der Waals surface area (Å²) in [6.07, 6.45) is 17.0. The van der Waals surface area contributed by atoms with E-state index in [1.54, 1.807) is 13.3 Å². The summed E-state index contributed by atoms with van der Waals surface area (Å²) < 4.78 is 11.5. The molecule has 0 aromatic carbocycles. The maximum Gasteiger partial charge on any atom is 0.232 e. The number of unbranched alkanes of at least 4 members (excludes halogenated alkanes) is 1. The molecule has 1 saturated carbocycles. The molecule has 2 fully saturated rings. The number of methoxy groups -OCH3 is 1. The lowest BCUT2D eigenvalue weighted by atomic mass is 9.67. The van der Waals surface area contributed by atoms with E-state index in [1.165, 1.54) is 31.4 Å². The van der Waals surface area contributed by atoms with Crippen molar-refractivity contribution in [3.05, 3.63) is 48.2 Å². The monoisotopic (exact) mass is 381 g/mol. The SMILES string of the molecule is COc1cncc(CCCCC2(c3ccccn3)CCOC3(CCCC3)C2)n1. The minimum Gasteiger partial charge on any atom is -0.480 e. The number of hydrogen-bond acceptors (Lipinski definition) is 5. The third kappa shape index (κ3) is 4.19. The molecule has 1 unspecified atom stereocenters. The van der Waals surface area contributed by atoms with Crippen molar-refractivity contribution in [3.8, 4) is 5.88 Å². The van der Waals surface area contributed by atoms with E-state index in [0.717, 1.165) is 50.8 Å². The van der Waals surface area contributed by atoms with E-state index in [1.807, 2.05) is 18.5 Å². The molecule has 0 N–H and O–H groups in total. The Labute approximate surface area is 167 Å². The lowest BCUT2D eigenvalue weighted by Gasteiger charge is -2.46. The normalized spacial score (nSPS) is 23.8. The van der Waals surface area contributed by atoms with Gasteiger partial charge in [-0.2, -0.15) is 0 Å². The fourth-order valence-corrected chi connectivity index (χ4v) is 5.17. The molecule has 2 aromatic rings. The molecule has 2 aliphatic rings. The van der Waals surface area contributed by atoms with Gasteiger partial charge >= 0.3 is 0 Å². The van der Waals surface area contributed by atoms with Crippen molar-refractivity contribution in [2.45, 2.75) is 75.2 Å². The maximum atomic E-state index is 6.34. The Morgan fingerprint density at radius 2 is 2.00 bits per heavy atom. The molecule has 5 nitrogen and oxygen atoms in total.